The number of carbonyl (C=O) groups is 1. The van der Waals surface area contributed by atoms with Crippen molar-refractivity contribution in [3.05, 3.63) is 29.6 Å². The lowest BCUT2D eigenvalue weighted by atomic mass is 10.3. The van der Waals surface area contributed by atoms with Crippen molar-refractivity contribution in [2.75, 3.05) is 13.7 Å². The Bertz CT molecular complexity index is 604. The molecule has 0 saturated carbocycles. The lowest BCUT2D eigenvalue weighted by Gasteiger charge is -2.07. The third kappa shape index (κ3) is 3.88. The summed E-state index contributed by atoms with van der Waals surface area (Å²) in [6.07, 6.45) is 2.53. The van der Waals surface area contributed by atoms with Crippen LogP contribution in [0.2, 0.25) is 0 Å². The van der Waals surface area contributed by atoms with Crippen LogP contribution in [0.15, 0.2) is 12.4 Å². The molecule has 2 aromatic heterocycles. The summed E-state index contributed by atoms with van der Waals surface area (Å²) in [5, 5.41) is 14.9. The van der Waals surface area contributed by atoms with Gasteiger partial charge in [0, 0.05) is 27.3 Å². The molecule has 0 fully saturated rings. The van der Waals surface area contributed by atoms with E-state index in [0.29, 0.717) is 18.8 Å². The molecule has 114 valence electrons. The van der Waals surface area contributed by atoms with Crippen molar-refractivity contribution in [1.29, 1.82) is 0 Å². The Kier molecular flexibility index (Phi) is 5.04. The predicted octanol–water partition coefficient (Wildman–Crippen LogP) is 0.287. The molecule has 0 radical (unpaired) electrons. The summed E-state index contributed by atoms with van der Waals surface area (Å²) in [7, 11) is 3.42. The fourth-order valence-electron chi connectivity index (χ4n) is 2.05. The molecule has 0 saturated heterocycles. The Morgan fingerprint density at radius 3 is 2.95 bits per heavy atom. The van der Waals surface area contributed by atoms with Gasteiger partial charge >= 0.3 is 0 Å². The molecule has 2 rings (SSSR count). The molecule has 1 amide bonds. The maximum absolute atomic E-state index is 12.1. The van der Waals surface area contributed by atoms with Gasteiger partial charge in [0.15, 0.2) is 5.82 Å². The molecular weight excluding hydrogens is 272 g/mol. The molecule has 0 atom stereocenters. The van der Waals surface area contributed by atoms with Gasteiger partial charge in [-0.05, 0) is 19.4 Å². The van der Waals surface area contributed by atoms with Gasteiger partial charge in [0.05, 0.1) is 12.2 Å². The van der Waals surface area contributed by atoms with Crippen LogP contribution in [0, 0.1) is 6.92 Å². The summed E-state index contributed by atoms with van der Waals surface area (Å²) in [6, 6.07) is 1.75. The number of nitrogens with one attached hydrogen (secondary N) is 1. The number of aryl methyl sites for hydroxylation is 3. The molecule has 0 spiro atoms. The van der Waals surface area contributed by atoms with E-state index in [1.165, 1.54) is 0 Å². The number of methoxy groups -OCH3 is 1. The second kappa shape index (κ2) is 6.98. The second-order valence-corrected chi connectivity index (χ2v) is 4.76. The lowest BCUT2D eigenvalue weighted by Crippen LogP contribution is -2.26. The molecule has 0 aliphatic rings. The summed E-state index contributed by atoms with van der Waals surface area (Å²) >= 11 is 0. The van der Waals surface area contributed by atoms with Crippen LogP contribution in [0.4, 0.5) is 0 Å². The zero-order chi connectivity index (χ0) is 15.2. The Labute approximate surface area is 123 Å². The molecule has 2 heterocycles. The molecule has 8 heteroatoms. The van der Waals surface area contributed by atoms with E-state index in [4.69, 9.17) is 4.74 Å². The van der Waals surface area contributed by atoms with Crippen LogP contribution in [0.25, 0.3) is 0 Å². The first-order valence-electron chi connectivity index (χ1n) is 6.76. The first-order chi connectivity index (χ1) is 10.1. The number of rotatable bonds is 7. The number of ether oxygens (including phenoxy) is 1. The van der Waals surface area contributed by atoms with Crippen molar-refractivity contribution >= 4 is 5.91 Å². The molecule has 8 nitrogen and oxygen atoms in total. The average molecular weight is 292 g/mol. The molecular formula is C13H20N6O2. The average Bonchev–Trinajstić information content (AvgIpc) is 3.03. The van der Waals surface area contributed by atoms with E-state index >= 15 is 0 Å². The minimum Gasteiger partial charge on any atom is -0.385 e. The molecule has 1 N–H and O–H groups in total. The number of aromatic nitrogens is 5. The largest absolute Gasteiger partial charge is 0.385 e. The third-order valence-electron chi connectivity index (χ3n) is 3.08. The fraction of sp³-hybridized carbons (Fsp3) is 0.538. The van der Waals surface area contributed by atoms with Crippen molar-refractivity contribution in [2.24, 2.45) is 7.05 Å². The smallest absolute Gasteiger partial charge is 0.269 e. The van der Waals surface area contributed by atoms with Crippen molar-refractivity contribution < 1.29 is 9.53 Å². The molecule has 0 aliphatic carbocycles. The third-order valence-corrected chi connectivity index (χ3v) is 3.08. The van der Waals surface area contributed by atoms with Crippen molar-refractivity contribution in [3.63, 3.8) is 0 Å². The monoisotopic (exact) mass is 292 g/mol. The van der Waals surface area contributed by atoms with E-state index in [1.807, 2.05) is 11.5 Å². The van der Waals surface area contributed by atoms with Crippen LogP contribution < -0.4 is 5.32 Å². The van der Waals surface area contributed by atoms with E-state index in [2.05, 4.69) is 20.6 Å². The van der Waals surface area contributed by atoms with Crippen LogP contribution in [0.5, 0.6) is 0 Å². The van der Waals surface area contributed by atoms with Crippen LogP contribution in [0.3, 0.4) is 0 Å². The highest BCUT2D eigenvalue weighted by molar-refractivity contribution is 5.92. The normalized spacial score (nSPS) is 10.8. The van der Waals surface area contributed by atoms with E-state index in [1.54, 1.807) is 31.2 Å². The van der Waals surface area contributed by atoms with E-state index in [9.17, 15) is 4.79 Å². The van der Waals surface area contributed by atoms with Gasteiger partial charge in [0.2, 0.25) is 0 Å². The highest BCUT2D eigenvalue weighted by atomic mass is 16.5. The summed E-state index contributed by atoms with van der Waals surface area (Å²) in [6.45, 7) is 3.62. The lowest BCUT2D eigenvalue weighted by molar-refractivity contribution is 0.0940. The van der Waals surface area contributed by atoms with Gasteiger partial charge in [-0.1, -0.05) is 0 Å². The predicted molar refractivity (Wildman–Crippen MR) is 75.6 cm³/mol. The van der Waals surface area contributed by atoms with Gasteiger partial charge < -0.3 is 14.6 Å². The Morgan fingerprint density at radius 1 is 1.48 bits per heavy atom. The van der Waals surface area contributed by atoms with E-state index in [0.717, 1.165) is 24.5 Å². The van der Waals surface area contributed by atoms with Gasteiger partial charge in [-0.2, -0.15) is 5.10 Å². The summed E-state index contributed by atoms with van der Waals surface area (Å²) < 4.78 is 8.49. The standard InChI is InChI=1S/C13H20N6O2/c1-10-7-11(18(2)17-10)13(20)14-8-12-16-15-9-19(12)5-4-6-21-3/h7,9H,4-6,8H2,1-3H3,(H,14,20). The second-order valence-electron chi connectivity index (χ2n) is 4.76. The van der Waals surface area contributed by atoms with Crippen LogP contribution in [-0.4, -0.2) is 44.2 Å². The highest BCUT2D eigenvalue weighted by Crippen LogP contribution is 2.03. The summed E-state index contributed by atoms with van der Waals surface area (Å²) in [4.78, 5) is 12.1. The summed E-state index contributed by atoms with van der Waals surface area (Å²) in [5.74, 6) is 0.544. The quantitative estimate of drug-likeness (QED) is 0.741. The number of amides is 1. The topological polar surface area (TPSA) is 86.9 Å². The Balaban J connectivity index is 1.92. The highest BCUT2D eigenvalue weighted by Gasteiger charge is 2.13. The Hall–Kier alpha value is -2.22. The minimum absolute atomic E-state index is 0.176. The summed E-state index contributed by atoms with van der Waals surface area (Å²) in [5.41, 5.74) is 1.34. The van der Waals surface area contributed by atoms with Gasteiger partial charge in [0.1, 0.15) is 12.0 Å². The molecule has 0 bridgehead atoms. The zero-order valence-electron chi connectivity index (χ0n) is 12.5. The molecule has 2 aromatic rings. The van der Waals surface area contributed by atoms with Gasteiger partial charge in [-0.3, -0.25) is 9.48 Å². The Morgan fingerprint density at radius 2 is 2.29 bits per heavy atom. The van der Waals surface area contributed by atoms with E-state index in [-0.39, 0.29) is 5.91 Å². The van der Waals surface area contributed by atoms with Gasteiger partial charge in [-0.15, -0.1) is 10.2 Å². The number of carbonyl (C=O) groups excluding carboxylic acids is 1. The van der Waals surface area contributed by atoms with Crippen LogP contribution in [-0.2, 0) is 24.9 Å². The van der Waals surface area contributed by atoms with Crippen LogP contribution >= 0.6 is 0 Å². The maximum atomic E-state index is 12.1. The molecule has 0 unspecified atom stereocenters. The number of nitrogens with zero attached hydrogens (tertiary/aromatic N) is 5. The fourth-order valence-corrected chi connectivity index (χ4v) is 2.05. The maximum Gasteiger partial charge on any atom is 0.269 e. The molecule has 0 aromatic carbocycles. The minimum atomic E-state index is -0.176. The first kappa shape index (κ1) is 15.2. The van der Waals surface area contributed by atoms with E-state index < -0.39 is 0 Å². The van der Waals surface area contributed by atoms with Crippen molar-refractivity contribution in [1.82, 2.24) is 29.9 Å². The van der Waals surface area contributed by atoms with Crippen LogP contribution in [0.1, 0.15) is 28.4 Å². The molecule has 21 heavy (non-hydrogen) atoms. The van der Waals surface area contributed by atoms with Gasteiger partial charge in [-0.25, -0.2) is 0 Å². The van der Waals surface area contributed by atoms with Crippen molar-refractivity contribution in [2.45, 2.75) is 26.4 Å². The first-order valence-corrected chi connectivity index (χ1v) is 6.76. The molecule has 0 aliphatic heterocycles. The SMILES string of the molecule is COCCCn1cnnc1CNC(=O)c1cc(C)nn1C. The van der Waals surface area contributed by atoms with Crippen molar-refractivity contribution in [3.8, 4) is 0 Å². The van der Waals surface area contributed by atoms with Gasteiger partial charge in [0.25, 0.3) is 5.91 Å². The number of hydrogen-bond donors (Lipinski definition) is 1. The zero-order valence-corrected chi connectivity index (χ0v) is 12.5. The number of hydrogen-bond acceptors (Lipinski definition) is 5.